The van der Waals surface area contributed by atoms with Gasteiger partial charge in [-0.1, -0.05) is 12.1 Å². The largest absolute Gasteiger partial charge is 0.261 e. The molecule has 0 fully saturated rings. The van der Waals surface area contributed by atoms with Crippen molar-refractivity contribution in [2.75, 3.05) is 0 Å². The summed E-state index contributed by atoms with van der Waals surface area (Å²) in [6, 6.07) is 14.7. The molecule has 7 nitrogen and oxygen atoms in total. The summed E-state index contributed by atoms with van der Waals surface area (Å²) in [5.41, 5.74) is 0.554. The third-order valence-electron chi connectivity index (χ3n) is 2.54. The van der Waals surface area contributed by atoms with Crippen LogP contribution in [0.2, 0.25) is 0 Å². The molecule has 0 heterocycles. The molecule has 0 saturated carbocycles. The van der Waals surface area contributed by atoms with Crippen LogP contribution in [0.1, 0.15) is 11.1 Å². The molecule has 0 saturated heterocycles. The van der Waals surface area contributed by atoms with Gasteiger partial charge in [-0.15, -0.1) is 0 Å². The molecule has 0 bridgehead atoms. The SMILES string of the molecule is N#Cc1cccc(S(=O)(=O)Cl)c1.N#Cc1cccc(S(N)(=O)=O)c1. The third kappa shape index (κ3) is 5.99. The van der Waals surface area contributed by atoms with Crippen LogP contribution in [0.4, 0.5) is 0 Å². The summed E-state index contributed by atoms with van der Waals surface area (Å²) in [6.45, 7) is 0. The van der Waals surface area contributed by atoms with Crippen molar-refractivity contribution in [3.8, 4) is 12.1 Å². The van der Waals surface area contributed by atoms with E-state index in [0.29, 0.717) is 0 Å². The Morgan fingerprint density at radius 3 is 1.62 bits per heavy atom. The quantitative estimate of drug-likeness (QED) is 0.782. The third-order valence-corrected chi connectivity index (χ3v) is 4.80. The lowest BCUT2D eigenvalue weighted by atomic mass is 10.2. The van der Waals surface area contributed by atoms with Crippen LogP contribution in [0.25, 0.3) is 0 Å². The first-order valence-corrected chi connectivity index (χ1v) is 9.91. The van der Waals surface area contributed by atoms with Crippen molar-refractivity contribution in [2.45, 2.75) is 9.79 Å². The molecular weight excluding hydrogens is 374 g/mol. The standard InChI is InChI=1S/C7H4ClNO2S.C7H6N2O2S/c8-12(10,11)7-3-1-2-6(4-7)5-9;8-5-6-2-1-3-7(4-6)12(9,10)11/h1-4H;1-4H,(H2,9,10,11). The number of nitriles is 2. The van der Waals surface area contributed by atoms with Gasteiger partial charge in [0.25, 0.3) is 9.05 Å². The molecule has 2 aromatic carbocycles. The van der Waals surface area contributed by atoms with Gasteiger partial charge in [-0.2, -0.15) is 10.5 Å². The van der Waals surface area contributed by atoms with Crippen LogP contribution in [0.5, 0.6) is 0 Å². The van der Waals surface area contributed by atoms with Crippen LogP contribution in [0.15, 0.2) is 58.3 Å². The van der Waals surface area contributed by atoms with Crippen LogP contribution in [-0.2, 0) is 19.1 Å². The molecule has 2 N–H and O–H groups in total. The molecule has 10 heteroatoms. The van der Waals surface area contributed by atoms with Crippen LogP contribution < -0.4 is 5.14 Å². The number of sulfonamides is 1. The lowest BCUT2D eigenvalue weighted by Gasteiger charge is -1.96. The van der Waals surface area contributed by atoms with Gasteiger partial charge in [0, 0.05) is 10.7 Å². The van der Waals surface area contributed by atoms with Crippen molar-refractivity contribution >= 4 is 29.8 Å². The highest BCUT2D eigenvalue weighted by atomic mass is 35.7. The molecule has 0 radical (unpaired) electrons. The molecule has 24 heavy (non-hydrogen) atoms. The highest BCUT2D eigenvalue weighted by molar-refractivity contribution is 8.13. The van der Waals surface area contributed by atoms with E-state index >= 15 is 0 Å². The molecule has 0 aliphatic rings. The Hall–Kier alpha value is -2.43. The normalized spacial score (nSPS) is 10.7. The molecule has 0 spiro atoms. The summed E-state index contributed by atoms with van der Waals surface area (Å²) in [5.74, 6) is 0. The lowest BCUT2D eigenvalue weighted by Crippen LogP contribution is -2.11. The summed E-state index contributed by atoms with van der Waals surface area (Å²) in [5, 5.41) is 21.7. The molecule has 0 atom stereocenters. The minimum Gasteiger partial charge on any atom is -0.225 e. The number of halogens is 1. The minimum absolute atomic E-state index is 0.0402. The Labute approximate surface area is 144 Å². The molecule has 0 unspecified atom stereocenters. The van der Waals surface area contributed by atoms with E-state index in [-0.39, 0.29) is 20.9 Å². The fraction of sp³-hybridized carbons (Fsp3) is 0. The van der Waals surface area contributed by atoms with Crippen molar-refractivity contribution in [3.63, 3.8) is 0 Å². The zero-order valence-electron chi connectivity index (χ0n) is 11.9. The summed E-state index contributed by atoms with van der Waals surface area (Å²) in [4.78, 5) is -0.0928. The van der Waals surface area contributed by atoms with Gasteiger partial charge in [-0.05, 0) is 36.4 Å². The van der Waals surface area contributed by atoms with E-state index in [0.717, 1.165) is 0 Å². The second kappa shape index (κ2) is 7.90. The predicted octanol–water partition coefficient (Wildman–Crippen LogP) is 1.69. The molecular formula is C14H10ClN3O4S2. The number of hydrogen-bond donors (Lipinski definition) is 1. The summed E-state index contributed by atoms with van der Waals surface area (Å²) < 4.78 is 43.1. The average Bonchev–Trinajstić information content (AvgIpc) is 2.54. The highest BCUT2D eigenvalue weighted by Crippen LogP contribution is 2.15. The summed E-state index contributed by atoms with van der Waals surface area (Å²) >= 11 is 0. The number of primary sulfonamides is 1. The molecule has 0 aromatic heterocycles. The van der Waals surface area contributed by atoms with Gasteiger partial charge in [-0.25, -0.2) is 22.0 Å². The highest BCUT2D eigenvalue weighted by Gasteiger charge is 2.09. The molecule has 2 aromatic rings. The van der Waals surface area contributed by atoms with Gasteiger partial charge in [0.2, 0.25) is 10.0 Å². The smallest absolute Gasteiger partial charge is 0.225 e. The first-order chi connectivity index (χ1) is 11.1. The van der Waals surface area contributed by atoms with Crippen molar-refractivity contribution in [3.05, 3.63) is 59.7 Å². The maximum absolute atomic E-state index is 10.8. The van der Waals surface area contributed by atoms with Gasteiger partial charge in [0.05, 0.1) is 33.1 Å². The first-order valence-electron chi connectivity index (χ1n) is 6.05. The predicted molar refractivity (Wildman–Crippen MR) is 86.7 cm³/mol. The van der Waals surface area contributed by atoms with Gasteiger partial charge in [0.15, 0.2) is 0 Å². The molecule has 0 amide bonds. The van der Waals surface area contributed by atoms with Crippen LogP contribution in [-0.4, -0.2) is 16.8 Å². The van der Waals surface area contributed by atoms with E-state index in [1.165, 1.54) is 48.5 Å². The van der Waals surface area contributed by atoms with E-state index in [1.54, 1.807) is 0 Å². The number of hydrogen-bond acceptors (Lipinski definition) is 6. The maximum Gasteiger partial charge on any atom is 0.261 e. The van der Waals surface area contributed by atoms with Gasteiger partial charge in [0.1, 0.15) is 0 Å². The van der Waals surface area contributed by atoms with E-state index < -0.39 is 19.1 Å². The topological polar surface area (TPSA) is 142 Å². The second-order valence-corrected chi connectivity index (χ2v) is 8.39. The van der Waals surface area contributed by atoms with Gasteiger partial charge < -0.3 is 0 Å². The van der Waals surface area contributed by atoms with E-state index in [9.17, 15) is 16.8 Å². The zero-order valence-corrected chi connectivity index (χ0v) is 14.3. The zero-order chi connectivity index (χ0) is 18.4. The summed E-state index contributed by atoms with van der Waals surface area (Å²) in [7, 11) is -2.35. The number of nitrogens with two attached hydrogens (primary N) is 1. The number of nitrogens with zero attached hydrogens (tertiary/aromatic N) is 2. The Morgan fingerprint density at radius 1 is 0.833 bits per heavy atom. The lowest BCUT2D eigenvalue weighted by molar-refractivity contribution is 0.597. The molecule has 124 valence electrons. The fourth-order valence-electron chi connectivity index (χ4n) is 1.46. The van der Waals surface area contributed by atoms with Crippen molar-refractivity contribution in [1.29, 1.82) is 10.5 Å². The first kappa shape index (κ1) is 19.6. The molecule has 0 aliphatic heterocycles. The number of benzene rings is 2. The van der Waals surface area contributed by atoms with Crippen molar-refractivity contribution in [2.24, 2.45) is 5.14 Å². The van der Waals surface area contributed by atoms with E-state index in [4.69, 9.17) is 26.3 Å². The van der Waals surface area contributed by atoms with Crippen LogP contribution in [0.3, 0.4) is 0 Å². The Balaban J connectivity index is 0.000000240. The van der Waals surface area contributed by atoms with E-state index in [2.05, 4.69) is 0 Å². The van der Waals surface area contributed by atoms with Crippen molar-refractivity contribution in [1.82, 2.24) is 0 Å². The van der Waals surface area contributed by atoms with Gasteiger partial charge >= 0.3 is 0 Å². The Kier molecular flexibility index (Phi) is 6.46. The van der Waals surface area contributed by atoms with Crippen LogP contribution >= 0.6 is 10.7 Å². The Bertz CT molecular complexity index is 951. The fourth-order valence-corrected chi connectivity index (χ4v) is 2.82. The number of rotatable bonds is 2. The van der Waals surface area contributed by atoms with Gasteiger partial charge in [-0.3, -0.25) is 0 Å². The average molecular weight is 384 g/mol. The maximum atomic E-state index is 10.8. The van der Waals surface area contributed by atoms with Crippen molar-refractivity contribution < 1.29 is 16.8 Å². The molecule has 0 aliphatic carbocycles. The summed E-state index contributed by atoms with van der Waals surface area (Å²) in [6.07, 6.45) is 0. The van der Waals surface area contributed by atoms with E-state index in [1.807, 2.05) is 12.1 Å². The van der Waals surface area contributed by atoms with Crippen LogP contribution in [0, 0.1) is 22.7 Å². The Morgan fingerprint density at radius 2 is 1.25 bits per heavy atom. The minimum atomic E-state index is -3.71. The second-order valence-electron chi connectivity index (χ2n) is 4.26. The molecule has 2 rings (SSSR count). The monoisotopic (exact) mass is 383 g/mol.